The molecule has 12 heteroatoms. The Labute approximate surface area is 236 Å². The van der Waals surface area contributed by atoms with Gasteiger partial charge in [0, 0.05) is 44.2 Å². The highest BCUT2D eigenvalue weighted by Crippen LogP contribution is 2.29. The maximum absolute atomic E-state index is 13.8. The second-order valence-electron chi connectivity index (χ2n) is 9.87. The normalized spacial score (nSPS) is 22.2. The van der Waals surface area contributed by atoms with Crippen molar-refractivity contribution in [1.29, 1.82) is 0 Å². The third-order valence-corrected chi connectivity index (χ3v) is 7.85. The average molecular weight is 581 g/mol. The van der Waals surface area contributed by atoms with E-state index in [9.17, 15) is 23.9 Å². The summed E-state index contributed by atoms with van der Waals surface area (Å²) >= 11 is 12.0. The molecule has 4 atom stereocenters. The fourth-order valence-electron chi connectivity index (χ4n) is 5.18. The molecule has 1 unspecified atom stereocenters. The Hall–Kier alpha value is -2.92. The van der Waals surface area contributed by atoms with Crippen molar-refractivity contribution < 1.29 is 28.6 Å². The summed E-state index contributed by atoms with van der Waals surface area (Å²) in [5.74, 6) is -1.83. The summed E-state index contributed by atoms with van der Waals surface area (Å²) in [5, 5.41) is 12.9. The van der Waals surface area contributed by atoms with Gasteiger partial charge in [-0.2, -0.15) is 0 Å². The van der Waals surface area contributed by atoms with Crippen LogP contribution in [-0.4, -0.2) is 76.6 Å². The Kier molecular flexibility index (Phi) is 9.66. The Morgan fingerprint density at radius 1 is 1.21 bits per heavy atom. The molecular formula is C27H31Cl2FN4O5. The van der Waals surface area contributed by atoms with E-state index in [2.05, 4.69) is 5.32 Å². The zero-order valence-corrected chi connectivity index (χ0v) is 22.7. The topological polar surface area (TPSA) is 125 Å². The van der Waals surface area contributed by atoms with E-state index in [1.54, 1.807) is 30.3 Å². The van der Waals surface area contributed by atoms with Crippen molar-refractivity contribution in [2.45, 2.75) is 56.4 Å². The summed E-state index contributed by atoms with van der Waals surface area (Å²) < 4.78 is 19.5. The number of nitrogens with zero attached hydrogens (tertiary/aromatic N) is 2. The number of benzene rings is 2. The summed E-state index contributed by atoms with van der Waals surface area (Å²) in [4.78, 5) is 42.0. The second kappa shape index (κ2) is 13.0. The number of carbonyl (C=O) groups is 3. The molecule has 4 rings (SSSR count). The third-order valence-electron chi connectivity index (χ3n) is 7.11. The van der Waals surface area contributed by atoms with Crippen molar-refractivity contribution >= 4 is 41.0 Å². The van der Waals surface area contributed by atoms with Crippen LogP contribution < -0.4 is 15.8 Å². The molecular weight excluding hydrogens is 550 g/mol. The summed E-state index contributed by atoms with van der Waals surface area (Å²) in [6.45, 7) is 1.04. The van der Waals surface area contributed by atoms with Gasteiger partial charge in [0.1, 0.15) is 24.2 Å². The molecule has 2 aliphatic heterocycles. The lowest BCUT2D eigenvalue weighted by atomic mass is 10.1. The molecule has 4 N–H and O–H groups in total. The van der Waals surface area contributed by atoms with Gasteiger partial charge >= 0.3 is 5.97 Å². The minimum atomic E-state index is -1.06. The molecule has 2 aliphatic rings. The quantitative estimate of drug-likeness (QED) is 0.394. The number of amides is 2. The molecule has 0 saturated carbocycles. The van der Waals surface area contributed by atoms with Gasteiger partial charge in [0.2, 0.25) is 11.8 Å². The molecule has 2 saturated heterocycles. The van der Waals surface area contributed by atoms with E-state index < -0.39 is 29.8 Å². The summed E-state index contributed by atoms with van der Waals surface area (Å²) in [7, 11) is 0. The average Bonchev–Trinajstić information content (AvgIpc) is 3.23. The molecule has 0 aromatic heterocycles. The summed E-state index contributed by atoms with van der Waals surface area (Å²) in [6.07, 6.45) is 0.544. The predicted molar refractivity (Wildman–Crippen MR) is 144 cm³/mol. The van der Waals surface area contributed by atoms with Crippen molar-refractivity contribution in [2.75, 3.05) is 19.7 Å². The molecule has 210 valence electrons. The van der Waals surface area contributed by atoms with E-state index in [0.29, 0.717) is 40.7 Å². The lowest BCUT2D eigenvalue weighted by molar-refractivity contribution is -0.144. The minimum Gasteiger partial charge on any atom is -0.492 e. The molecule has 0 radical (unpaired) electrons. The van der Waals surface area contributed by atoms with Gasteiger partial charge in [-0.1, -0.05) is 35.3 Å². The number of aliphatic carboxylic acids is 1. The van der Waals surface area contributed by atoms with E-state index >= 15 is 0 Å². The van der Waals surface area contributed by atoms with Gasteiger partial charge in [0.25, 0.3) is 0 Å². The highest BCUT2D eigenvalue weighted by molar-refractivity contribution is 6.42. The number of fused-ring (bicyclic) bond motifs is 1. The summed E-state index contributed by atoms with van der Waals surface area (Å²) in [5.41, 5.74) is 6.94. The molecule has 2 heterocycles. The molecule has 2 aromatic carbocycles. The van der Waals surface area contributed by atoms with E-state index in [1.165, 1.54) is 17.0 Å². The van der Waals surface area contributed by atoms with Crippen LogP contribution in [0.1, 0.15) is 31.2 Å². The largest absolute Gasteiger partial charge is 0.492 e. The van der Waals surface area contributed by atoms with Gasteiger partial charge in [0.05, 0.1) is 16.1 Å². The monoisotopic (exact) mass is 580 g/mol. The third kappa shape index (κ3) is 7.39. The number of ether oxygens (including phenoxy) is 1. The van der Waals surface area contributed by atoms with Crippen LogP contribution in [0.2, 0.25) is 10.0 Å². The van der Waals surface area contributed by atoms with E-state index in [-0.39, 0.29) is 50.5 Å². The Bertz CT molecular complexity index is 1220. The van der Waals surface area contributed by atoms with Crippen molar-refractivity contribution in [3.05, 3.63) is 63.9 Å². The molecule has 0 aliphatic carbocycles. The number of rotatable bonds is 10. The molecule has 2 fully saturated rings. The first-order chi connectivity index (χ1) is 18.6. The number of nitrogens with two attached hydrogens (primary N) is 1. The van der Waals surface area contributed by atoms with Gasteiger partial charge in [0.15, 0.2) is 0 Å². The molecule has 2 amide bonds. The molecule has 9 nitrogen and oxygen atoms in total. The number of carbonyl (C=O) groups excluding carboxylic acids is 2. The number of carboxylic acid groups (broad SMARTS) is 1. The Morgan fingerprint density at radius 3 is 2.72 bits per heavy atom. The van der Waals surface area contributed by atoms with Crippen LogP contribution in [0.5, 0.6) is 5.75 Å². The second-order valence-corrected chi connectivity index (χ2v) is 10.7. The predicted octanol–water partition coefficient (Wildman–Crippen LogP) is 3.06. The fourth-order valence-corrected chi connectivity index (χ4v) is 5.50. The zero-order chi connectivity index (χ0) is 28.1. The fraction of sp³-hybridized carbons (Fsp3) is 0.444. The number of hydrogen-bond donors (Lipinski definition) is 3. The van der Waals surface area contributed by atoms with Gasteiger partial charge < -0.3 is 25.8 Å². The first kappa shape index (κ1) is 29.1. The number of halogens is 3. The molecule has 2 aromatic rings. The van der Waals surface area contributed by atoms with Crippen molar-refractivity contribution in [3.63, 3.8) is 0 Å². The van der Waals surface area contributed by atoms with Crippen molar-refractivity contribution in [2.24, 2.45) is 5.73 Å². The van der Waals surface area contributed by atoms with Gasteiger partial charge in [-0.3, -0.25) is 19.3 Å². The van der Waals surface area contributed by atoms with Crippen LogP contribution in [0.3, 0.4) is 0 Å². The van der Waals surface area contributed by atoms with E-state index in [0.717, 1.165) is 0 Å². The molecule has 0 spiro atoms. The zero-order valence-electron chi connectivity index (χ0n) is 21.2. The number of carboxylic acids is 1. The first-order valence-corrected chi connectivity index (χ1v) is 13.5. The molecule has 39 heavy (non-hydrogen) atoms. The van der Waals surface area contributed by atoms with Crippen molar-refractivity contribution in [1.82, 2.24) is 15.1 Å². The standard InChI is InChI=1S/C27H31Cl2FN4O5/c28-21-5-4-16(10-22(21)29)13-32-26(37)23(6-7-25(35)36)33-9-8-19(15-39-20-3-1-2-17(30)11-20)34-14-18(31)12-24(34)27(33)38/h1-5,10-11,18-19,23-24H,6-9,12-15,31H2,(H,32,37)(H,35,36)/t18-,19?,23-,24+/m1/s1. The van der Waals surface area contributed by atoms with Crippen LogP contribution in [0, 0.1) is 5.82 Å². The van der Waals surface area contributed by atoms with E-state index in [1.807, 2.05) is 4.90 Å². The molecule has 0 bridgehead atoms. The maximum atomic E-state index is 13.8. The minimum absolute atomic E-state index is 0.0441. The lowest BCUT2D eigenvalue weighted by Crippen LogP contribution is -2.53. The van der Waals surface area contributed by atoms with Crippen LogP contribution >= 0.6 is 23.2 Å². The smallest absolute Gasteiger partial charge is 0.303 e. The van der Waals surface area contributed by atoms with Gasteiger partial charge in [-0.25, -0.2) is 4.39 Å². The number of nitrogens with one attached hydrogen (secondary N) is 1. The van der Waals surface area contributed by atoms with Crippen LogP contribution in [0.4, 0.5) is 4.39 Å². The highest BCUT2D eigenvalue weighted by atomic mass is 35.5. The first-order valence-electron chi connectivity index (χ1n) is 12.8. The van der Waals surface area contributed by atoms with Crippen LogP contribution in [-0.2, 0) is 20.9 Å². The van der Waals surface area contributed by atoms with Gasteiger partial charge in [-0.05, 0) is 49.1 Å². The number of hydrogen-bond acceptors (Lipinski definition) is 6. The van der Waals surface area contributed by atoms with Crippen molar-refractivity contribution in [3.8, 4) is 5.75 Å². The van der Waals surface area contributed by atoms with Crippen LogP contribution in [0.25, 0.3) is 0 Å². The Balaban J connectivity index is 1.51. The van der Waals surface area contributed by atoms with Crippen LogP contribution in [0.15, 0.2) is 42.5 Å². The Morgan fingerprint density at radius 2 is 2.00 bits per heavy atom. The summed E-state index contributed by atoms with van der Waals surface area (Å²) in [6, 6.07) is 8.80. The van der Waals surface area contributed by atoms with Gasteiger partial charge in [-0.15, -0.1) is 0 Å². The maximum Gasteiger partial charge on any atom is 0.303 e. The van der Waals surface area contributed by atoms with E-state index in [4.69, 9.17) is 33.7 Å². The SMILES string of the molecule is N[C@@H]1C[C@H]2C(=O)N([C@H](CCC(=O)O)C(=O)NCc3ccc(Cl)c(Cl)c3)CCC(COc3cccc(F)c3)N2C1. The lowest BCUT2D eigenvalue weighted by Gasteiger charge is -2.32. The highest BCUT2D eigenvalue weighted by Gasteiger charge is 2.46.